The summed E-state index contributed by atoms with van der Waals surface area (Å²) in [5.74, 6) is 0.0436. The second-order valence-electron chi connectivity index (χ2n) is 4.01. The molecule has 2 rings (SSSR count). The Labute approximate surface area is 139 Å². The van der Waals surface area contributed by atoms with E-state index < -0.39 is 10.6 Å². The van der Waals surface area contributed by atoms with Crippen LogP contribution in [0.3, 0.4) is 0 Å². The van der Waals surface area contributed by atoms with Crippen LogP contribution in [-0.4, -0.2) is 7.11 Å². The molecule has 0 radical (unpaired) electrons. The molecular weight excluding hydrogens is 389 g/mol. The summed E-state index contributed by atoms with van der Waals surface area (Å²) in [5.41, 5.74) is 0.932. The minimum absolute atomic E-state index is 0.315. The minimum Gasteiger partial charge on any atom is -0.495 e. The summed E-state index contributed by atoms with van der Waals surface area (Å²) in [5, 5.41) is 1.12. The fourth-order valence-electron chi connectivity index (χ4n) is 1.80. The van der Waals surface area contributed by atoms with Gasteiger partial charge in [0.1, 0.15) is 11.6 Å². The van der Waals surface area contributed by atoms with E-state index in [1.807, 2.05) is 0 Å². The Morgan fingerprint density at radius 1 is 1.10 bits per heavy atom. The summed E-state index contributed by atoms with van der Waals surface area (Å²) < 4.78 is 19.0. The van der Waals surface area contributed by atoms with Crippen molar-refractivity contribution >= 4 is 50.7 Å². The first-order valence-corrected chi connectivity index (χ1v) is 7.61. The molecule has 0 aromatic heterocycles. The highest BCUT2D eigenvalue weighted by Gasteiger charge is 2.22. The first-order chi connectivity index (χ1) is 9.45. The molecule has 0 amide bonds. The predicted octanol–water partition coefficient (Wildman–Crippen LogP) is 6.28. The van der Waals surface area contributed by atoms with Crippen molar-refractivity contribution in [3.63, 3.8) is 0 Å². The van der Waals surface area contributed by atoms with Crippen LogP contribution < -0.4 is 4.74 Å². The van der Waals surface area contributed by atoms with Crippen LogP contribution in [0, 0.1) is 5.82 Å². The van der Waals surface area contributed by atoms with E-state index in [0.29, 0.717) is 31.9 Å². The molecular formula is C14H9BrCl3FO. The van der Waals surface area contributed by atoms with Gasteiger partial charge < -0.3 is 4.74 Å². The molecule has 0 N–H and O–H groups in total. The number of hydrogen-bond acceptors (Lipinski definition) is 1. The second-order valence-corrected chi connectivity index (χ2v) is 6.14. The van der Waals surface area contributed by atoms with Gasteiger partial charge in [0, 0.05) is 21.7 Å². The summed E-state index contributed by atoms with van der Waals surface area (Å²) in [4.78, 5) is -0.507. The Morgan fingerprint density at radius 2 is 1.80 bits per heavy atom. The summed E-state index contributed by atoms with van der Waals surface area (Å²) in [6.45, 7) is 0. The van der Waals surface area contributed by atoms with Gasteiger partial charge in [-0.25, -0.2) is 4.39 Å². The number of ether oxygens (including phenoxy) is 1. The largest absolute Gasteiger partial charge is 0.495 e. The summed E-state index contributed by atoms with van der Waals surface area (Å²) >= 11 is 21.7. The molecule has 0 fully saturated rings. The molecule has 0 saturated carbocycles. The molecule has 20 heavy (non-hydrogen) atoms. The lowest BCUT2D eigenvalue weighted by Gasteiger charge is -2.16. The van der Waals surface area contributed by atoms with Gasteiger partial charge >= 0.3 is 0 Å². The van der Waals surface area contributed by atoms with E-state index in [2.05, 4.69) is 15.9 Å². The molecule has 0 aliphatic heterocycles. The quantitative estimate of drug-likeness (QED) is 0.553. The van der Waals surface area contributed by atoms with Gasteiger partial charge in [-0.2, -0.15) is 0 Å². The highest BCUT2D eigenvalue weighted by molar-refractivity contribution is 9.09. The molecule has 0 bridgehead atoms. The van der Waals surface area contributed by atoms with E-state index >= 15 is 0 Å². The lowest BCUT2D eigenvalue weighted by Crippen LogP contribution is -1.99. The van der Waals surface area contributed by atoms with E-state index in [0.717, 1.165) is 0 Å². The van der Waals surface area contributed by atoms with Crippen molar-refractivity contribution < 1.29 is 9.13 Å². The lowest BCUT2D eigenvalue weighted by molar-refractivity contribution is 0.415. The van der Waals surface area contributed by atoms with Crippen molar-refractivity contribution in [2.45, 2.75) is 4.83 Å². The van der Waals surface area contributed by atoms with Gasteiger partial charge in [-0.3, -0.25) is 0 Å². The van der Waals surface area contributed by atoms with Gasteiger partial charge in [-0.05, 0) is 23.8 Å². The molecule has 0 aliphatic carbocycles. The van der Waals surface area contributed by atoms with Crippen molar-refractivity contribution in [2.75, 3.05) is 7.11 Å². The normalized spacial score (nSPS) is 12.3. The fourth-order valence-corrected chi connectivity index (χ4v) is 3.69. The zero-order chi connectivity index (χ0) is 14.9. The first-order valence-electron chi connectivity index (χ1n) is 5.56. The molecule has 1 unspecified atom stereocenters. The Morgan fingerprint density at radius 3 is 2.40 bits per heavy atom. The molecule has 0 saturated heterocycles. The monoisotopic (exact) mass is 396 g/mol. The van der Waals surface area contributed by atoms with E-state index in [-0.39, 0.29) is 0 Å². The van der Waals surface area contributed by atoms with Gasteiger partial charge in [0.15, 0.2) is 0 Å². The highest BCUT2D eigenvalue weighted by atomic mass is 79.9. The van der Waals surface area contributed by atoms with Gasteiger partial charge in [-0.15, -0.1) is 0 Å². The maximum atomic E-state index is 13.9. The van der Waals surface area contributed by atoms with Crippen molar-refractivity contribution in [1.82, 2.24) is 0 Å². The smallest absolute Gasteiger partial charge is 0.138 e. The predicted molar refractivity (Wildman–Crippen MR) is 85.2 cm³/mol. The Hall–Kier alpha value is -0.480. The van der Waals surface area contributed by atoms with Crippen LogP contribution in [-0.2, 0) is 0 Å². The lowest BCUT2D eigenvalue weighted by atomic mass is 10.0. The van der Waals surface area contributed by atoms with E-state index in [4.69, 9.17) is 39.5 Å². The fraction of sp³-hybridized carbons (Fsp3) is 0.143. The van der Waals surface area contributed by atoms with Crippen molar-refractivity contribution in [1.29, 1.82) is 0 Å². The average molecular weight is 398 g/mol. The van der Waals surface area contributed by atoms with Gasteiger partial charge in [-0.1, -0.05) is 56.8 Å². The van der Waals surface area contributed by atoms with Crippen LogP contribution >= 0.6 is 50.7 Å². The van der Waals surface area contributed by atoms with Crippen LogP contribution in [0.15, 0.2) is 30.3 Å². The number of benzene rings is 2. The highest BCUT2D eigenvalue weighted by Crippen LogP contribution is 2.42. The molecule has 6 heteroatoms. The van der Waals surface area contributed by atoms with Gasteiger partial charge in [0.05, 0.1) is 17.0 Å². The molecule has 0 spiro atoms. The SMILES string of the molecule is COc1cc(Cl)c(C(Br)c2c(F)cccc2Cl)cc1Cl. The van der Waals surface area contributed by atoms with Crippen LogP contribution in [0.1, 0.15) is 16.0 Å². The Kier molecular flexibility index (Phi) is 5.19. The maximum absolute atomic E-state index is 13.9. The van der Waals surface area contributed by atoms with Crippen LogP contribution in [0.2, 0.25) is 15.1 Å². The third-order valence-corrected chi connectivity index (χ3v) is 4.70. The summed E-state index contributed by atoms with van der Waals surface area (Å²) in [7, 11) is 1.50. The first kappa shape index (κ1) is 15.9. The van der Waals surface area contributed by atoms with Crippen LogP contribution in [0.25, 0.3) is 0 Å². The Balaban J connectivity index is 2.54. The minimum atomic E-state index is -0.507. The number of methoxy groups -OCH3 is 1. The molecule has 2 aromatic rings. The molecule has 0 heterocycles. The van der Waals surface area contributed by atoms with E-state index in [1.165, 1.54) is 13.2 Å². The third kappa shape index (κ3) is 3.06. The van der Waals surface area contributed by atoms with E-state index in [1.54, 1.807) is 24.3 Å². The van der Waals surface area contributed by atoms with Crippen molar-refractivity contribution in [2.24, 2.45) is 0 Å². The summed E-state index contributed by atoms with van der Waals surface area (Å²) in [6, 6.07) is 7.72. The van der Waals surface area contributed by atoms with Crippen LogP contribution in [0.4, 0.5) is 4.39 Å². The Bertz CT molecular complexity index is 628. The van der Waals surface area contributed by atoms with Gasteiger partial charge in [0.25, 0.3) is 0 Å². The average Bonchev–Trinajstić information content (AvgIpc) is 2.40. The molecule has 106 valence electrons. The van der Waals surface area contributed by atoms with Crippen molar-refractivity contribution in [3.05, 3.63) is 62.3 Å². The number of halogens is 5. The molecule has 1 nitrogen and oxygen atoms in total. The third-order valence-electron chi connectivity index (χ3n) is 2.80. The standard InChI is InChI=1S/C14H9BrCl3FO/c1-20-12-6-9(17)7(5-10(12)18)14(15)13-8(16)3-2-4-11(13)19/h2-6,14H,1H3. The summed E-state index contributed by atoms with van der Waals surface area (Å²) in [6.07, 6.45) is 0. The number of hydrogen-bond donors (Lipinski definition) is 0. The zero-order valence-electron chi connectivity index (χ0n) is 10.3. The number of alkyl halides is 1. The maximum Gasteiger partial charge on any atom is 0.138 e. The zero-order valence-corrected chi connectivity index (χ0v) is 14.1. The molecule has 0 aliphatic rings. The topological polar surface area (TPSA) is 9.23 Å². The van der Waals surface area contributed by atoms with Crippen LogP contribution in [0.5, 0.6) is 5.75 Å². The molecule has 1 atom stereocenters. The van der Waals surface area contributed by atoms with E-state index in [9.17, 15) is 4.39 Å². The number of rotatable bonds is 3. The second kappa shape index (κ2) is 6.52. The van der Waals surface area contributed by atoms with Gasteiger partial charge in [0.2, 0.25) is 0 Å². The molecule has 2 aromatic carbocycles. The van der Waals surface area contributed by atoms with Crippen molar-refractivity contribution in [3.8, 4) is 5.75 Å².